The molecule has 0 aliphatic carbocycles. The standard InChI is InChI=1S/C20H22N4O4/c1-3-28-19(26)12-16(14-7-5-4-6-8-14)23-18(25)11-15-13(2)22-17-9-10-21-24(17)20(15)27/h4-10,16,21H,3,11-12H2,1-2H3,(H,23,25). The van der Waals surface area contributed by atoms with E-state index in [4.69, 9.17) is 4.74 Å². The van der Waals surface area contributed by atoms with E-state index in [2.05, 4.69) is 15.4 Å². The fraction of sp³-hybridized carbons (Fsp3) is 0.300. The first-order chi connectivity index (χ1) is 13.5. The number of esters is 1. The highest BCUT2D eigenvalue weighted by Gasteiger charge is 2.21. The van der Waals surface area contributed by atoms with Crippen LogP contribution in [-0.2, 0) is 20.7 Å². The minimum absolute atomic E-state index is 0.00940. The molecule has 2 aromatic heterocycles. The van der Waals surface area contributed by atoms with Gasteiger partial charge in [0.1, 0.15) is 0 Å². The van der Waals surface area contributed by atoms with Crippen LogP contribution in [0.4, 0.5) is 0 Å². The predicted octanol–water partition coefficient (Wildman–Crippen LogP) is 1.68. The molecule has 0 spiro atoms. The second-order valence-electron chi connectivity index (χ2n) is 6.35. The van der Waals surface area contributed by atoms with Gasteiger partial charge in [-0.1, -0.05) is 30.3 Å². The molecule has 0 fully saturated rings. The van der Waals surface area contributed by atoms with Gasteiger partial charge in [0.05, 0.1) is 25.5 Å². The van der Waals surface area contributed by atoms with E-state index < -0.39 is 12.0 Å². The van der Waals surface area contributed by atoms with Gasteiger partial charge in [0, 0.05) is 23.5 Å². The number of carbonyl (C=O) groups is 2. The second kappa shape index (κ2) is 8.51. The molecule has 0 saturated heterocycles. The van der Waals surface area contributed by atoms with Crippen molar-refractivity contribution in [3.05, 3.63) is 69.8 Å². The SMILES string of the molecule is CCOC(=O)CC(NC(=O)Cc1c(C)nc2cc[nH]n2c1=O)c1ccccc1. The Bertz CT molecular complexity index is 1040. The van der Waals surface area contributed by atoms with Gasteiger partial charge in [-0.2, -0.15) is 0 Å². The molecule has 3 rings (SSSR count). The number of aryl methyl sites for hydroxylation is 1. The van der Waals surface area contributed by atoms with Crippen LogP contribution in [0.1, 0.15) is 36.2 Å². The molecule has 0 saturated carbocycles. The molecule has 3 aromatic rings. The van der Waals surface area contributed by atoms with E-state index in [0.717, 1.165) is 5.56 Å². The minimum Gasteiger partial charge on any atom is -0.466 e. The van der Waals surface area contributed by atoms with Crippen molar-refractivity contribution in [1.82, 2.24) is 19.9 Å². The number of hydrogen-bond acceptors (Lipinski definition) is 5. The molecule has 1 atom stereocenters. The Labute approximate surface area is 161 Å². The number of nitrogens with zero attached hydrogens (tertiary/aromatic N) is 2. The number of rotatable bonds is 7. The van der Waals surface area contributed by atoms with Gasteiger partial charge in [0.25, 0.3) is 5.56 Å². The van der Waals surface area contributed by atoms with Crippen LogP contribution in [0.3, 0.4) is 0 Å². The predicted molar refractivity (Wildman–Crippen MR) is 103 cm³/mol. The summed E-state index contributed by atoms with van der Waals surface area (Å²) in [5.41, 5.74) is 1.78. The summed E-state index contributed by atoms with van der Waals surface area (Å²) in [5, 5.41) is 5.63. The molecule has 0 radical (unpaired) electrons. The largest absolute Gasteiger partial charge is 0.466 e. The van der Waals surface area contributed by atoms with Gasteiger partial charge in [-0.15, -0.1) is 0 Å². The van der Waals surface area contributed by atoms with Gasteiger partial charge in [-0.25, -0.2) is 9.50 Å². The van der Waals surface area contributed by atoms with E-state index in [-0.39, 0.29) is 30.9 Å². The quantitative estimate of drug-likeness (QED) is 0.605. The van der Waals surface area contributed by atoms with Gasteiger partial charge in [0.15, 0.2) is 5.65 Å². The van der Waals surface area contributed by atoms with Crippen molar-refractivity contribution in [1.29, 1.82) is 0 Å². The summed E-state index contributed by atoms with van der Waals surface area (Å²) in [6.07, 6.45) is 1.49. The molecule has 0 aliphatic rings. The lowest BCUT2D eigenvalue weighted by atomic mass is 10.0. The van der Waals surface area contributed by atoms with E-state index in [1.165, 1.54) is 4.52 Å². The summed E-state index contributed by atoms with van der Waals surface area (Å²) in [4.78, 5) is 41.6. The van der Waals surface area contributed by atoms with Crippen LogP contribution in [0.5, 0.6) is 0 Å². The number of ether oxygens (including phenoxy) is 1. The first kappa shape index (κ1) is 19.3. The number of amides is 1. The van der Waals surface area contributed by atoms with Crippen LogP contribution in [-0.4, -0.2) is 33.1 Å². The van der Waals surface area contributed by atoms with Crippen LogP contribution in [0.15, 0.2) is 47.4 Å². The highest BCUT2D eigenvalue weighted by Crippen LogP contribution is 2.17. The first-order valence-electron chi connectivity index (χ1n) is 9.05. The Morgan fingerprint density at radius 3 is 2.71 bits per heavy atom. The van der Waals surface area contributed by atoms with Crippen molar-refractivity contribution in [3.8, 4) is 0 Å². The summed E-state index contributed by atoms with van der Waals surface area (Å²) < 4.78 is 6.31. The molecule has 0 aliphatic heterocycles. The highest BCUT2D eigenvalue weighted by molar-refractivity contribution is 5.80. The maximum Gasteiger partial charge on any atom is 0.308 e. The Hall–Kier alpha value is -3.42. The lowest BCUT2D eigenvalue weighted by molar-refractivity contribution is -0.143. The summed E-state index contributed by atoms with van der Waals surface area (Å²) in [7, 11) is 0. The molecule has 8 nitrogen and oxygen atoms in total. The molecule has 1 aromatic carbocycles. The molecule has 1 amide bonds. The maximum absolute atomic E-state index is 12.7. The van der Waals surface area contributed by atoms with Crippen molar-refractivity contribution in [2.75, 3.05) is 6.61 Å². The number of fused-ring (bicyclic) bond motifs is 1. The van der Waals surface area contributed by atoms with Gasteiger partial charge < -0.3 is 10.1 Å². The van der Waals surface area contributed by atoms with Gasteiger partial charge in [-0.05, 0) is 19.4 Å². The van der Waals surface area contributed by atoms with Crippen molar-refractivity contribution in [3.63, 3.8) is 0 Å². The fourth-order valence-corrected chi connectivity index (χ4v) is 3.04. The summed E-state index contributed by atoms with van der Waals surface area (Å²) >= 11 is 0. The van der Waals surface area contributed by atoms with Crippen LogP contribution in [0, 0.1) is 6.92 Å². The average Bonchev–Trinajstić information content (AvgIpc) is 3.14. The number of benzene rings is 1. The van der Waals surface area contributed by atoms with Crippen LogP contribution >= 0.6 is 0 Å². The van der Waals surface area contributed by atoms with E-state index in [9.17, 15) is 14.4 Å². The summed E-state index contributed by atoms with van der Waals surface area (Å²) in [5.74, 6) is -0.769. The van der Waals surface area contributed by atoms with Crippen LogP contribution in [0.2, 0.25) is 0 Å². The molecule has 1 unspecified atom stereocenters. The van der Waals surface area contributed by atoms with E-state index in [1.54, 1.807) is 26.1 Å². The monoisotopic (exact) mass is 382 g/mol. The highest BCUT2D eigenvalue weighted by atomic mass is 16.5. The lowest BCUT2D eigenvalue weighted by Crippen LogP contribution is -2.34. The van der Waals surface area contributed by atoms with E-state index >= 15 is 0 Å². The number of aromatic nitrogens is 3. The molecular formula is C20H22N4O4. The Morgan fingerprint density at radius 2 is 2.00 bits per heavy atom. The van der Waals surface area contributed by atoms with Crippen molar-refractivity contribution >= 4 is 17.5 Å². The van der Waals surface area contributed by atoms with Crippen molar-refractivity contribution in [2.45, 2.75) is 32.7 Å². The molecule has 28 heavy (non-hydrogen) atoms. The van der Waals surface area contributed by atoms with Gasteiger partial charge in [0.2, 0.25) is 5.91 Å². The van der Waals surface area contributed by atoms with Crippen LogP contribution < -0.4 is 10.9 Å². The van der Waals surface area contributed by atoms with Crippen molar-refractivity contribution in [2.24, 2.45) is 0 Å². The third kappa shape index (κ3) is 4.28. The summed E-state index contributed by atoms with van der Waals surface area (Å²) in [6, 6.07) is 10.3. The molecule has 2 heterocycles. The smallest absolute Gasteiger partial charge is 0.308 e. The second-order valence-corrected chi connectivity index (χ2v) is 6.35. The minimum atomic E-state index is -0.544. The third-order valence-corrected chi connectivity index (χ3v) is 4.40. The third-order valence-electron chi connectivity index (χ3n) is 4.40. The van der Waals surface area contributed by atoms with E-state index in [1.807, 2.05) is 30.3 Å². The zero-order chi connectivity index (χ0) is 20.1. The molecule has 146 valence electrons. The number of aromatic amines is 1. The van der Waals surface area contributed by atoms with Gasteiger partial charge >= 0.3 is 5.97 Å². The number of nitrogens with one attached hydrogen (secondary N) is 2. The number of hydrogen-bond donors (Lipinski definition) is 2. The Morgan fingerprint density at radius 1 is 1.25 bits per heavy atom. The summed E-state index contributed by atoms with van der Waals surface area (Å²) in [6.45, 7) is 3.70. The molecule has 0 bridgehead atoms. The normalized spacial score (nSPS) is 11.9. The average molecular weight is 382 g/mol. The molecule has 2 N–H and O–H groups in total. The zero-order valence-corrected chi connectivity index (χ0v) is 15.8. The Balaban J connectivity index is 1.80. The molecular weight excluding hydrogens is 360 g/mol. The number of carbonyl (C=O) groups excluding carboxylic acids is 2. The fourth-order valence-electron chi connectivity index (χ4n) is 3.04. The maximum atomic E-state index is 12.7. The van der Waals surface area contributed by atoms with E-state index in [0.29, 0.717) is 16.9 Å². The topological polar surface area (TPSA) is 106 Å². The first-order valence-corrected chi connectivity index (χ1v) is 9.05. The Kier molecular flexibility index (Phi) is 5.88. The van der Waals surface area contributed by atoms with Gasteiger partial charge in [-0.3, -0.25) is 19.5 Å². The van der Waals surface area contributed by atoms with Crippen LogP contribution in [0.25, 0.3) is 5.65 Å². The molecule has 8 heteroatoms. The lowest BCUT2D eigenvalue weighted by Gasteiger charge is -2.18. The number of H-pyrrole nitrogens is 1. The zero-order valence-electron chi connectivity index (χ0n) is 15.8. The van der Waals surface area contributed by atoms with Crippen molar-refractivity contribution < 1.29 is 14.3 Å².